The van der Waals surface area contributed by atoms with Crippen LogP contribution >= 0.6 is 0 Å². The summed E-state index contributed by atoms with van der Waals surface area (Å²) in [7, 11) is 0. The number of hydrogen-bond acceptors (Lipinski definition) is 3. The molecule has 0 spiro atoms. The Balaban J connectivity index is 1.67. The van der Waals surface area contributed by atoms with Gasteiger partial charge in [-0.05, 0) is 57.7 Å². The van der Waals surface area contributed by atoms with Crippen LogP contribution in [0.25, 0.3) is 22.5 Å². The molecule has 0 aliphatic heterocycles. The fraction of sp³-hybridized carbons (Fsp3) is 0.208. The molecule has 4 nitrogen and oxygen atoms in total. The quantitative estimate of drug-likeness (QED) is 0.474. The molecule has 0 saturated carbocycles. The van der Waals surface area contributed by atoms with Crippen LogP contribution in [-0.2, 0) is 12.8 Å². The van der Waals surface area contributed by atoms with Crippen molar-refractivity contribution < 1.29 is 4.39 Å². The molecule has 0 aliphatic carbocycles. The fourth-order valence-electron chi connectivity index (χ4n) is 3.71. The average Bonchev–Trinajstić information content (AvgIpc) is 3.26. The summed E-state index contributed by atoms with van der Waals surface area (Å²) in [6, 6.07) is 19.6. The van der Waals surface area contributed by atoms with Crippen molar-refractivity contribution in [3.8, 4) is 22.5 Å². The smallest absolute Gasteiger partial charge is 0.180 e. The molecule has 0 saturated heterocycles. The van der Waals surface area contributed by atoms with E-state index in [4.69, 9.17) is 0 Å². The summed E-state index contributed by atoms with van der Waals surface area (Å²) >= 11 is 0. The molecular weight excluding hydrogens is 363 g/mol. The second kappa shape index (κ2) is 8.35. The zero-order valence-electron chi connectivity index (χ0n) is 16.6. The molecule has 146 valence electrons. The van der Waals surface area contributed by atoms with E-state index in [-0.39, 0.29) is 5.82 Å². The van der Waals surface area contributed by atoms with Crippen LogP contribution in [0.4, 0.5) is 4.39 Å². The van der Waals surface area contributed by atoms with E-state index in [9.17, 15) is 0 Å². The third-order valence-corrected chi connectivity index (χ3v) is 5.15. The molecule has 0 aliphatic rings. The Labute approximate surface area is 169 Å². The summed E-state index contributed by atoms with van der Waals surface area (Å²) in [6.45, 7) is 4.27. The third kappa shape index (κ3) is 4.09. The van der Waals surface area contributed by atoms with E-state index in [0.29, 0.717) is 17.8 Å². The molecule has 4 aromatic rings. The van der Waals surface area contributed by atoms with Gasteiger partial charge in [-0.3, -0.25) is 0 Å². The lowest BCUT2D eigenvalue weighted by Crippen LogP contribution is -1.99. The highest BCUT2D eigenvalue weighted by Gasteiger charge is 2.13. The Bertz CT molecular complexity index is 1120. The van der Waals surface area contributed by atoms with Crippen molar-refractivity contribution in [1.82, 2.24) is 20.6 Å². The second-order valence-corrected chi connectivity index (χ2v) is 7.30. The summed E-state index contributed by atoms with van der Waals surface area (Å²) < 4.78 is 15.0. The van der Waals surface area contributed by atoms with Gasteiger partial charge in [0.2, 0.25) is 0 Å². The normalized spacial score (nSPS) is 11.0. The summed E-state index contributed by atoms with van der Waals surface area (Å²) in [4.78, 5) is 0. The minimum Gasteiger partial charge on any atom is -0.239 e. The Morgan fingerprint density at radius 1 is 0.897 bits per heavy atom. The molecule has 3 aromatic carbocycles. The van der Waals surface area contributed by atoms with Crippen molar-refractivity contribution in [2.24, 2.45) is 0 Å². The predicted molar refractivity (Wildman–Crippen MR) is 113 cm³/mol. The lowest BCUT2D eigenvalue weighted by atomic mass is 9.93. The standard InChI is InChI=1S/C24H23FN4/c1-3-6-17-13-16(2)9-10-18(17)14-20-12-11-19(15-23(20)25)21-7-4-5-8-22(21)24-26-28-29-27-24/h4-5,7-13,15H,3,6,14H2,1-2H3,(H,26,27,28,29). The molecule has 0 unspecified atom stereocenters. The van der Waals surface area contributed by atoms with Crippen LogP contribution in [0.3, 0.4) is 0 Å². The van der Waals surface area contributed by atoms with Gasteiger partial charge in [-0.15, -0.1) is 5.10 Å². The van der Waals surface area contributed by atoms with Crippen molar-refractivity contribution in [2.45, 2.75) is 33.1 Å². The first-order chi connectivity index (χ1) is 14.2. The van der Waals surface area contributed by atoms with Crippen LogP contribution in [0.1, 0.15) is 35.6 Å². The van der Waals surface area contributed by atoms with Crippen molar-refractivity contribution in [3.05, 3.63) is 88.7 Å². The highest BCUT2D eigenvalue weighted by molar-refractivity contribution is 5.80. The largest absolute Gasteiger partial charge is 0.239 e. The number of nitrogens with one attached hydrogen (secondary N) is 1. The van der Waals surface area contributed by atoms with Gasteiger partial charge >= 0.3 is 0 Å². The van der Waals surface area contributed by atoms with Gasteiger partial charge in [0, 0.05) is 12.0 Å². The minimum atomic E-state index is -0.198. The van der Waals surface area contributed by atoms with E-state index in [1.165, 1.54) is 16.7 Å². The second-order valence-electron chi connectivity index (χ2n) is 7.30. The number of hydrogen-bond donors (Lipinski definition) is 1. The van der Waals surface area contributed by atoms with Crippen molar-refractivity contribution in [3.63, 3.8) is 0 Å². The number of rotatable bonds is 6. The molecule has 1 N–H and O–H groups in total. The van der Waals surface area contributed by atoms with Gasteiger partial charge in [-0.25, -0.2) is 9.49 Å². The number of halogens is 1. The lowest BCUT2D eigenvalue weighted by molar-refractivity contribution is 0.614. The third-order valence-electron chi connectivity index (χ3n) is 5.15. The molecule has 5 heteroatoms. The minimum absolute atomic E-state index is 0.198. The summed E-state index contributed by atoms with van der Waals surface area (Å²) in [5, 5.41) is 14.1. The van der Waals surface area contributed by atoms with Crippen molar-refractivity contribution in [2.75, 3.05) is 0 Å². The monoisotopic (exact) mass is 386 g/mol. The van der Waals surface area contributed by atoms with E-state index in [2.05, 4.69) is 52.7 Å². The first-order valence-corrected chi connectivity index (χ1v) is 9.86. The zero-order valence-corrected chi connectivity index (χ0v) is 16.6. The number of benzene rings is 3. The van der Waals surface area contributed by atoms with Gasteiger partial charge in [0.25, 0.3) is 0 Å². The van der Waals surface area contributed by atoms with Gasteiger partial charge in [0.15, 0.2) is 5.82 Å². The SMILES string of the molecule is CCCc1cc(C)ccc1Cc1ccc(-c2ccccc2-c2nnn[nH]2)cc1F. The lowest BCUT2D eigenvalue weighted by Gasteiger charge is -2.13. The Hall–Kier alpha value is -3.34. The molecule has 1 heterocycles. The highest BCUT2D eigenvalue weighted by Crippen LogP contribution is 2.31. The summed E-state index contributed by atoms with van der Waals surface area (Å²) in [6.07, 6.45) is 2.68. The molecule has 1 aromatic heterocycles. The zero-order chi connectivity index (χ0) is 20.2. The van der Waals surface area contributed by atoms with E-state index < -0.39 is 0 Å². The number of aromatic nitrogens is 4. The van der Waals surface area contributed by atoms with Crippen LogP contribution in [0.2, 0.25) is 0 Å². The van der Waals surface area contributed by atoms with Crippen molar-refractivity contribution in [1.29, 1.82) is 0 Å². The van der Waals surface area contributed by atoms with Gasteiger partial charge in [-0.2, -0.15) is 0 Å². The first kappa shape index (κ1) is 19.0. The van der Waals surface area contributed by atoms with Gasteiger partial charge in [0.05, 0.1) is 0 Å². The highest BCUT2D eigenvalue weighted by atomic mass is 19.1. The molecule has 0 fully saturated rings. The maximum atomic E-state index is 15.0. The number of aryl methyl sites for hydroxylation is 2. The van der Waals surface area contributed by atoms with Crippen LogP contribution < -0.4 is 0 Å². The molecule has 0 amide bonds. The summed E-state index contributed by atoms with van der Waals surface area (Å²) in [5.41, 5.74) is 6.97. The van der Waals surface area contributed by atoms with Gasteiger partial charge in [-0.1, -0.05) is 73.5 Å². The van der Waals surface area contributed by atoms with Gasteiger partial charge < -0.3 is 0 Å². The molecule has 0 radical (unpaired) electrons. The van der Waals surface area contributed by atoms with Crippen LogP contribution in [0.5, 0.6) is 0 Å². The first-order valence-electron chi connectivity index (χ1n) is 9.86. The number of nitrogens with zero attached hydrogens (tertiary/aromatic N) is 3. The molecule has 29 heavy (non-hydrogen) atoms. The Morgan fingerprint density at radius 3 is 2.41 bits per heavy atom. The fourth-order valence-corrected chi connectivity index (χ4v) is 3.71. The van der Waals surface area contributed by atoms with Crippen LogP contribution in [-0.4, -0.2) is 20.6 Å². The van der Waals surface area contributed by atoms with Gasteiger partial charge in [0.1, 0.15) is 5.82 Å². The van der Waals surface area contributed by atoms with Crippen LogP contribution in [0, 0.1) is 12.7 Å². The van der Waals surface area contributed by atoms with E-state index in [0.717, 1.165) is 29.5 Å². The number of H-pyrrole nitrogens is 1. The molecule has 4 rings (SSSR count). The predicted octanol–water partition coefficient (Wildman–Crippen LogP) is 5.52. The maximum absolute atomic E-state index is 15.0. The molecular formula is C24H23FN4. The Morgan fingerprint density at radius 2 is 1.69 bits per heavy atom. The maximum Gasteiger partial charge on any atom is 0.180 e. The average molecular weight is 386 g/mol. The van der Waals surface area contributed by atoms with E-state index in [1.807, 2.05) is 36.4 Å². The topological polar surface area (TPSA) is 54.5 Å². The van der Waals surface area contributed by atoms with E-state index >= 15 is 4.39 Å². The molecule has 0 bridgehead atoms. The number of aromatic amines is 1. The van der Waals surface area contributed by atoms with E-state index in [1.54, 1.807) is 6.07 Å². The Kier molecular flexibility index (Phi) is 5.47. The summed E-state index contributed by atoms with van der Waals surface area (Å²) in [5.74, 6) is 0.366. The van der Waals surface area contributed by atoms with Crippen LogP contribution in [0.15, 0.2) is 60.7 Å². The van der Waals surface area contributed by atoms with Crippen molar-refractivity contribution >= 4 is 0 Å². The number of tetrazole rings is 1. The molecule has 0 atom stereocenters.